The minimum absolute atomic E-state index is 0.0505. The van der Waals surface area contributed by atoms with Crippen molar-refractivity contribution in [1.29, 1.82) is 0 Å². The molecule has 0 saturated heterocycles. The maximum absolute atomic E-state index is 12.4. The lowest BCUT2D eigenvalue weighted by molar-refractivity contribution is -0.0505. The fraction of sp³-hybridized carbons (Fsp3) is 0.158. The minimum atomic E-state index is -2.90. The molecule has 2 aromatic carbocycles. The Morgan fingerprint density at radius 3 is 2.03 bits per heavy atom. The Morgan fingerprint density at radius 1 is 0.862 bits per heavy atom. The number of aromatic nitrogens is 3. The second-order valence-electron chi connectivity index (χ2n) is 6.03. The van der Waals surface area contributed by atoms with Crippen LogP contribution in [0.2, 0.25) is 0 Å². The van der Waals surface area contributed by atoms with Gasteiger partial charge in [0.1, 0.15) is 23.9 Å². The molecule has 0 unspecified atom stereocenters. The number of alkyl halides is 4. The molecule has 0 amide bonds. The summed E-state index contributed by atoms with van der Waals surface area (Å²) in [5.41, 5.74) is 2.19. The highest BCUT2D eigenvalue weighted by Crippen LogP contribution is 2.33. The van der Waals surface area contributed by atoms with Crippen molar-refractivity contribution in [2.24, 2.45) is 0 Å². The highest BCUT2D eigenvalue weighted by molar-refractivity contribution is 5.77. The molecule has 150 valence electrons. The Labute approximate surface area is 162 Å². The van der Waals surface area contributed by atoms with E-state index >= 15 is 0 Å². The van der Waals surface area contributed by atoms with Crippen molar-refractivity contribution in [3.05, 3.63) is 72.1 Å². The number of rotatable bonds is 6. The van der Waals surface area contributed by atoms with Gasteiger partial charge in [0.15, 0.2) is 0 Å². The van der Waals surface area contributed by atoms with Crippen molar-refractivity contribution in [2.75, 3.05) is 5.32 Å². The molecule has 0 bridgehead atoms. The molecule has 0 spiro atoms. The van der Waals surface area contributed by atoms with Crippen LogP contribution in [0.5, 0.6) is 11.5 Å². The first-order valence-electron chi connectivity index (χ1n) is 8.48. The van der Waals surface area contributed by atoms with Crippen molar-refractivity contribution in [3.63, 3.8) is 0 Å². The summed E-state index contributed by atoms with van der Waals surface area (Å²) in [4.78, 5) is 4.17. The molecular formula is C19H14F4N4O2. The second kappa shape index (κ2) is 7.82. The van der Waals surface area contributed by atoms with E-state index in [9.17, 15) is 17.6 Å². The number of hydrogen-bond acceptors (Lipinski definition) is 5. The number of benzene rings is 2. The van der Waals surface area contributed by atoms with E-state index in [1.54, 1.807) is 28.9 Å². The lowest BCUT2D eigenvalue weighted by Crippen LogP contribution is -2.20. The van der Waals surface area contributed by atoms with E-state index in [4.69, 9.17) is 0 Å². The van der Waals surface area contributed by atoms with Gasteiger partial charge in [-0.2, -0.15) is 27.6 Å². The Hall–Kier alpha value is -3.56. The van der Waals surface area contributed by atoms with Gasteiger partial charge in [0.25, 0.3) is 0 Å². The zero-order valence-corrected chi connectivity index (χ0v) is 14.7. The Kier molecular flexibility index (Phi) is 5.07. The van der Waals surface area contributed by atoms with Gasteiger partial charge in [-0.25, -0.2) is 4.68 Å². The fourth-order valence-corrected chi connectivity index (χ4v) is 3.00. The molecule has 3 aromatic rings. The van der Waals surface area contributed by atoms with Crippen LogP contribution in [-0.4, -0.2) is 28.0 Å². The van der Waals surface area contributed by atoms with Gasteiger partial charge < -0.3 is 14.8 Å². The van der Waals surface area contributed by atoms with E-state index in [1.807, 2.05) is 6.08 Å². The third kappa shape index (κ3) is 4.15. The molecule has 0 fully saturated rings. The number of fused-ring (bicyclic) bond motifs is 1. The van der Waals surface area contributed by atoms with Crippen LogP contribution in [0, 0.1) is 0 Å². The average Bonchev–Trinajstić information content (AvgIpc) is 3.16. The van der Waals surface area contributed by atoms with Gasteiger partial charge in [-0.3, -0.25) is 0 Å². The number of allylic oxidation sites excluding steroid dienone is 1. The quantitative estimate of drug-likeness (QED) is 0.610. The molecule has 10 heteroatoms. The van der Waals surface area contributed by atoms with E-state index < -0.39 is 13.2 Å². The molecule has 1 aliphatic heterocycles. The van der Waals surface area contributed by atoms with Gasteiger partial charge in [-0.15, -0.1) is 0 Å². The predicted molar refractivity (Wildman–Crippen MR) is 95.9 cm³/mol. The summed E-state index contributed by atoms with van der Waals surface area (Å²) in [6.45, 7) is -5.79. The number of hydrogen-bond donors (Lipinski definition) is 1. The first kappa shape index (κ1) is 18.8. The molecule has 1 aromatic heterocycles. The normalized spacial score (nSPS) is 15.7. The van der Waals surface area contributed by atoms with Gasteiger partial charge in [0.05, 0.1) is 0 Å². The van der Waals surface area contributed by atoms with Gasteiger partial charge in [-0.1, -0.05) is 12.1 Å². The van der Waals surface area contributed by atoms with Crippen molar-refractivity contribution < 1.29 is 27.0 Å². The van der Waals surface area contributed by atoms with Crippen LogP contribution in [0.25, 0.3) is 5.70 Å². The maximum Gasteiger partial charge on any atom is 0.387 e. The summed E-state index contributed by atoms with van der Waals surface area (Å²) in [6.07, 6.45) is 3.26. The molecule has 0 radical (unpaired) electrons. The molecule has 4 rings (SSSR count). The number of anilines is 1. The van der Waals surface area contributed by atoms with Crippen molar-refractivity contribution >= 4 is 11.6 Å². The third-order valence-electron chi connectivity index (χ3n) is 4.24. The third-order valence-corrected chi connectivity index (χ3v) is 4.24. The number of halogens is 4. The van der Waals surface area contributed by atoms with E-state index in [0.717, 1.165) is 11.1 Å². The van der Waals surface area contributed by atoms with Crippen LogP contribution < -0.4 is 14.8 Å². The molecule has 0 saturated carbocycles. The SMILES string of the molecule is FC(F)Oc1ccc(C2=C[C@@H](c3ccc(OC(F)F)cc3)n3ncnc3N2)cc1. The van der Waals surface area contributed by atoms with Gasteiger partial charge >= 0.3 is 13.2 Å². The summed E-state index contributed by atoms with van der Waals surface area (Å²) in [7, 11) is 0. The predicted octanol–water partition coefficient (Wildman–Crippen LogP) is 4.54. The average molecular weight is 406 g/mol. The lowest BCUT2D eigenvalue weighted by Gasteiger charge is -2.24. The Balaban J connectivity index is 1.64. The van der Waals surface area contributed by atoms with E-state index in [1.165, 1.54) is 30.6 Å². The summed E-state index contributed by atoms with van der Waals surface area (Å²) < 4.78 is 59.8. The number of ether oxygens (including phenoxy) is 2. The summed E-state index contributed by atoms with van der Waals surface area (Å²) >= 11 is 0. The number of nitrogens with zero attached hydrogens (tertiary/aromatic N) is 3. The Bertz CT molecular complexity index is 1000. The maximum atomic E-state index is 12.4. The molecular weight excluding hydrogens is 392 g/mol. The highest BCUT2D eigenvalue weighted by atomic mass is 19.3. The van der Waals surface area contributed by atoms with Crippen molar-refractivity contribution in [3.8, 4) is 11.5 Å². The van der Waals surface area contributed by atoms with E-state index in [-0.39, 0.29) is 17.5 Å². The monoisotopic (exact) mass is 406 g/mol. The highest BCUT2D eigenvalue weighted by Gasteiger charge is 2.23. The topological polar surface area (TPSA) is 61.2 Å². The van der Waals surface area contributed by atoms with Gasteiger partial charge in [0.2, 0.25) is 5.95 Å². The first-order chi connectivity index (χ1) is 14.0. The molecule has 6 nitrogen and oxygen atoms in total. The number of nitrogens with one attached hydrogen (secondary N) is 1. The largest absolute Gasteiger partial charge is 0.435 e. The van der Waals surface area contributed by atoms with Crippen LogP contribution in [0.4, 0.5) is 23.5 Å². The summed E-state index contributed by atoms with van der Waals surface area (Å²) in [5, 5.41) is 7.33. The van der Waals surface area contributed by atoms with Crippen molar-refractivity contribution in [1.82, 2.24) is 14.8 Å². The van der Waals surface area contributed by atoms with Crippen LogP contribution in [0.15, 0.2) is 60.9 Å². The van der Waals surface area contributed by atoms with E-state index in [0.29, 0.717) is 11.6 Å². The lowest BCUT2D eigenvalue weighted by atomic mass is 10.0. The molecule has 1 aliphatic rings. The van der Waals surface area contributed by atoms with E-state index in [2.05, 4.69) is 24.9 Å². The van der Waals surface area contributed by atoms with Crippen LogP contribution in [-0.2, 0) is 0 Å². The molecule has 0 aliphatic carbocycles. The van der Waals surface area contributed by atoms with Crippen molar-refractivity contribution in [2.45, 2.75) is 19.3 Å². The molecule has 1 atom stereocenters. The molecule has 29 heavy (non-hydrogen) atoms. The van der Waals surface area contributed by atoms with Gasteiger partial charge in [-0.05, 0) is 53.6 Å². The second-order valence-corrected chi connectivity index (χ2v) is 6.03. The smallest absolute Gasteiger partial charge is 0.387 e. The minimum Gasteiger partial charge on any atom is -0.435 e. The molecule has 1 N–H and O–H groups in total. The summed E-state index contributed by atoms with van der Waals surface area (Å²) in [5.74, 6) is 0.582. The summed E-state index contributed by atoms with van der Waals surface area (Å²) in [6, 6.07) is 12.0. The van der Waals surface area contributed by atoms with Crippen LogP contribution in [0.1, 0.15) is 17.2 Å². The van der Waals surface area contributed by atoms with Gasteiger partial charge in [0, 0.05) is 5.70 Å². The zero-order valence-electron chi connectivity index (χ0n) is 14.7. The standard InChI is InChI=1S/C19H14F4N4O2/c20-17(21)28-13-5-1-11(2-6-13)15-9-16(27-19(26-15)24-10-25-27)12-3-7-14(8-4-12)29-18(22)23/h1-10,16-18H,(H,24,25,26)/t16-/m0/s1. The van der Waals surface area contributed by atoms with Crippen LogP contribution in [0.3, 0.4) is 0 Å². The first-order valence-corrected chi connectivity index (χ1v) is 8.48. The molecule has 2 heterocycles. The Morgan fingerprint density at radius 2 is 1.45 bits per heavy atom. The zero-order chi connectivity index (χ0) is 20.4. The van der Waals surface area contributed by atoms with Crippen LogP contribution >= 0.6 is 0 Å². The fourth-order valence-electron chi connectivity index (χ4n) is 3.00.